The van der Waals surface area contributed by atoms with Crippen molar-refractivity contribution in [2.75, 3.05) is 13.2 Å². The molecule has 0 amide bonds. The molecule has 6 heteroatoms. The number of allylic oxidation sites excluding steroid dienone is 2. The summed E-state index contributed by atoms with van der Waals surface area (Å²) >= 11 is 0. The molecule has 0 saturated heterocycles. The van der Waals surface area contributed by atoms with Crippen LogP contribution in [0.1, 0.15) is 136 Å². The van der Waals surface area contributed by atoms with Crippen LogP contribution in [0, 0.1) is 0 Å². The molecular formula is C29H52O6. The highest BCUT2D eigenvalue weighted by atomic mass is 16.6. The Morgan fingerprint density at radius 2 is 1.00 bits per heavy atom. The van der Waals surface area contributed by atoms with Gasteiger partial charge in [-0.05, 0) is 44.9 Å². The van der Waals surface area contributed by atoms with Crippen LogP contribution in [-0.4, -0.2) is 37.2 Å². The van der Waals surface area contributed by atoms with Gasteiger partial charge in [0.25, 0.3) is 0 Å². The van der Waals surface area contributed by atoms with Crippen molar-refractivity contribution in [3.63, 3.8) is 0 Å². The van der Waals surface area contributed by atoms with E-state index in [2.05, 4.69) is 19.1 Å². The standard InChI is InChI=1S/C29H52O6/c1-4-7-8-9-10-11-12-13-14-15-16-17-18-19-20-23-28(31)34-25-26(35-29(32)22-6-3)24-33-27(30)21-5-2/h13-14,26H,4-12,15-25H2,1-3H3. The Kier molecular flexibility index (Phi) is 23.9. The molecule has 0 rings (SSSR count). The van der Waals surface area contributed by atoms with Gasteiger partial charge in [-0.2, -0.15) is 0 Å². The number of hydrogen-bond donors (Lipinski definition) is 0. The molecule has 0 aliphatic heterocycles. The first-order valence-electron chi connectivity index (χ1n) is 14.2. The lowest BCUT2D eigenvalue weighted by Gasteiger charge is -2.18. The minimum Gasteiger partial charge on any atom is -0.462 e. The highest BCUT2D eigenvalue weighted by molar-refractivity contribution is 5.71. The fraction of sp³-hybridized carbons (Fsp3) is 0.828. The first-order chi connectivity index (χ1) is 17.0. The van der Waals surface area contributed by atoms with E-state index in [1.165, 1.54) is 57.8 Å². The van der Waals surface area contributed by atoms with Gasteiger partial charge in [0, 0.05) is 19.3 Å². The molecule has 0 aliphatic carbocycles. The minimum absolute atomic E-state index is 0.0846. The zero-order chi connectivity index (χ0) is 26.0. The maximum absolute atomic E-state index is 12.1. The van der Waals surface area contributed by atoms with E-state index in [0.29, 0.717) is 25.7 Å². The van der Waals surface area contributed by atoms with Gasteiger partial charge in [0.15, 0.2) is 6.10 Å². The van der Waals surface area contributed by atoms with Crippen LogP contribution in [0.4, 0.5) is 0 Å². The quantitative estimate of drug-likeness (QED) is 0.0592. The Balaban J connectivity index is 3.83. The lowest BCUT2D eigenvalue weighted by Crippen LogP contribution is -2.30. The molecule has 204 valence electrons. The van der Waals surface area contributed by atoms with E-state index in [-0.39, 0.29) is 37.5 Å². The topological polar surface area (TPSA) is 78.9 Å². The fourth-order valence-electron chi connectivity index (χ4n) is 3.63. The minimum atomic E-state index is -0.757. The van der Waals surface area contributed by atoms with Crippen LogP contribution >= 0.6 is 0 Å². The molecule has 0 N–H and O–H groups in total. The molecule has 0 heterocycles. The van der Waals surface area contributed by atoms with Gasteiger partial charge < -0.3 is 14.2 Å². The second-order valence-electron chi connectivity index (χ2n) is 9.31. The van der Waals surface area contributed by atoms with Crippen molar-refractivity contribution in [2.24, 2.45) is 0 Å². The highest BCUT2D eigenvalue weighted by Gasteiger charge is 2.19. The van der Waals surface area contributed by atoms with E-state index in [1.807, 2.05) is 13.8 Å². The predicted molar refractivity (Wildman–Crippen MR) is 141 cm³/mol. The molecule has 6 nitrogen and oxygen atoms in total. The van der Waals surface area contributed by atoms with E-state index in [4.69, 9.17) is 14.2 Å². The number of esters is 3. The Morgan fingerprint density at radius 1 is 0.543 bits per heavy atom. The molecule has 0 aromatic carbocycles. The molecule has 0 radical (unpaired) electrons. The average molecular weight is 497 g/mol. The van der Waals surface area contributed by atoms with Gasteiger partial charge in [0.1, 0.15) is 13.2 Å². The van der Waals surface area contributed by atoms with Gasteiger partial charge in [0.2, 0.25) is 0 Å². The summed E-state index contributed by atoms with van der Waals surface area (Å²) in [5, 5.41) is 0. The van der Waals surface area contributed by atoms with Crippen molar-refractivity contribution >= 4 is 17.9 Å². The second-order valence-corrected chi connectivity index (χ2v) is 9.31. The van der Waals surface area contributed by atoms with E-state index in [0.717, 1.165) is 25.7 Å². The lowest BCUT2D eigenvalue weighted by molar-refractivity contribution is -0.166. The van der Waals surface area contributed by atoms with Crippen molar-refractivity contribution in [2.45, 2.75) is 142 Å². The van der Waals surface area contributed by atoms with Gasteiger partial charge in [-0.3, -0.25) is 14.4 Å². The zero-order valence-electron chi connectivity index (χ0n) is 22.8. The molecule has 0 spiro atoms. The summed E-state index contributed by atoms with van der Waals surface area (Å²) in [6.07, 6.45) is 21.9. The third-order valence-corrected chi connectivity index (χ3v) is 5.71. The number of ether oxygens (including phenoxy) is 3. The first kappa shape index (κ1) is 33.1. The van der Waals surface area contributed by atoms with Gasteiger partial charge in [-0.25, -0.2) is 0 Å². The van der Waals surface area contributed by atoms with Crippen molar-refractivity contribution in [3.8, 4) is 0 Å². The van der Waals surface area contributed by atoms with Gasteiger partial charge in [0.05, 0.1) is 0 Å². The van der Waals surface area contributed by atoms with Crippen LogP contribution in [0.25, 0.3) is 0 Å². The van der Waals surface area contributed by atoms with Crippen molar-refractivity contribution in [1.29, 1.82) is 0 Å². The predicted octanol–water partition coefficient (Wildman–Crippen LogP) is 7.62. The fourth-order valence-corrected chi connectivity index (χ4v) is 3.63. The molecule has 0 saturated carbocycles. The third kappa shape index (κ3) is 23.7. The SMILES string of the molecule is CCCCCCCCC=CCCCCCCCC(=O)OCC(COC(=O)CCC)OC(=O)CCC. The molecule has 35 heavy (non-hydrogen) atoms. The molecule has 1 atom stereocenters. The normalized spacial score (nSPS) is 12.0. The van der Waals surface area contributed by atoms with Gasteiger partial charge >= 0.3 is 17.9 Å². The molecule has 0 aromatic heterocycles. The van der Waals surface area contributed by atoms with Crippen molar-refractivity contribution < 1.29 is 28.6 Å². The number of carbonyl (C=O) groups is 3. The number of hydrogen-bond acceptors (Lipinski definition) is 6. The monoisotopic (exact) mass is 496 g/mol. The van der Waals surface area contributed by atoms with E-state index in [1.54, 1.807) is 0 Å². The largest absolute Gasteiger partial charge is 0.462 e. The van der Waals surface area contributed by atoms with E-state index < -0.39 is 6.10 Å². The summed E-state index contributed by atoms with van der Waals surface area (Å²) in [6.45, 7) is 5.84. The molecular weight excluding hydrogens is 444 g/mol. The highest BCUT2D eigenvalue weighted by Crippen LogP contribution is 2.11. The summed E-state index contributed by atoms with van der Waals surface area (Å²) in [6, 6.07) is 0. The number of rotatable bonds is 24. The number of carbonyl (C=O) groups excluding carboxylic acids is 3. The number of unbranched alkanes of at least 4 members (excludes halogenated alkanes) is 11. The molecule has 0 aliphatic rings. The molecule has 0 aromatic rings. The summed E-state index contributed by atoms with van der Waals surface area (Å²) in [4.78, 5) is 35.4. The lowest BCUT2D eigenvalue weighted by atomic mass is 10.1. The van der Waals surface area contributed by atoms with Crippen molar-refractivity contribution in [3.05, 3.63) is 12.2 Å². The molecule has 0 fully saturated rings. The van der Waals surface area contributed by atoms with Crippen LogP contribution in [0.5, 0.6) is 0 Å². The summed E-state index contributed by atoms with van der Waals surface area (Å²) < 4.78 is 15.7. The Morgan fingerprint density at radius 3 is 1.54 bits per heavy atom. The van der Waals surface area contributed by atoms with Gasteiger partial charge in [-0.1, -0.05) is 84.3 Å². The van der Waals surface area contributed by atoms with Crippen LogP contribution in [0.2, 0.25) is 0 Å². The molecule has 0 bridgehead atoms. The van der Waals surface area contributed by atoms with Crippen LogP contribution in [0.3, 0.4) is 0 Å². The average Bonchev–Trinajstić information content (AvgIpc) is 2.83. The van der Waals surface area contributed by atoms with Crippen molar-refractivity contribution in [1.82, 2.24) is 0 Å². The molecule has 1 unspecified atom stereocenters. The first-order valence-corrected chi connectivity index (χ1v) is 14.2. The smallest absolute Gasteiger partial charge is 0.306 e. The van der Waals surface area contributed by atoms with Gasteiger partial charge in [-0.15, -0.1) is 0 Å². The summed E-state index contributed by atoms with van der Waals surface area (Å²) in [5.74, 6) is -1.03. The maximum atomic E-state index is 12.1. The summed E-state index contributed by atoms with van der Waals surface area (Å²) in [5.41, 5.74) is 0. The Labute approximate surface area is 214 Å². The maximum Gasteiger partial charge on any atom is 0.306 e. The van der Waals surface area contributed by atoms with E-state index >= 15 is 0 Å². The summed E-state index contributed by atoms with van der Waals surface area (Å²) in [7, 11) is 0. The zero-order valence-corrected chi connectivity index (χ0v) is 22.8. The van der Waals surface area contributed by atoms with Crippen LogP contribution in [-0.2, 0) is 28.6 Å². The second kappa shape index (κ2) is 25.2. The van der Waals surface area contributed by atoms with Crippen LogP contribution in [0.15, 0.2) is 12.2 Å². The Hall–Kier alpha value is -1.85. The van der Waals surface area contributed by atoms with Crippen LogP contribution < -0.4 is 0 Å². The van der Waals surface area contributed by atoms with E-state index in [9.17, 15) is 14.4 Å². The third-order valence-electron chi connectivity index (χ3n) is 5.71. The Bertz CT molecular complexity index is 557.